The standard InChI is InChI=1S/C26H19N5O9S3/c27-21-10-11-23(19-2-1-3-25(26(19)21)43(38,39)40)30-31-24-13-12-22(18-9-8-17(14-20(18)24)42(35,36)37)29-28-15-4-6-16(7-5-15)41(32,33)34/h1-14H,27H2,(H,32,33,34)(H,35,36,37)(H,38,39,40). The number of anilines is 1. The minimum Gasteiger partial charge on any atom is -0.398 e. The molecule has 43 heavy (non-hydrogen) atoms. The lowest BCUT2D eigenvalue weighted by molar-refractivity contribution is 0.481. The number of nitrogen functional groups attached to an aromatic ring is 1. The Bertz CT molecular complexity index is 2320. The van der Waals surface area contributed by atoms with Crippen LogP contribution in [0.5, 0.6) is 0 Å². The molecule has 0 saturated carbocycles. The summed E-state index contributed by atoms with van der Waals surface area (Å²) in [6, 6.07) is 18.6. The van der Waals surface area contributed by atoms with Gasteiger partial charge in [-0.1, -0.05) is 18.2 Å². The molecule has 0 saturated heterocycles. The van der Waals surface area contributed by atoms with Crippen LogP contribution in [-0.2, 0) is 30.4 Å². The molecule has 0 aliphatic rings. The van der Waals surface area contributed by atoms with Crippen LogP contribution >= 0.6 is 0 Å². The molecule has 0 spiro atoms. The SMILES string of the molecule is Nc1ccc(N=Nc2ccc(N=Nc3ccc(S(=O)(=O)O)cc3)c3ccc(S(=O)(=O)O)cc23)c2cccc(S(=O)(=O)O)c12. The van der Waals surface area contributed by atoms with E-state index in [9.17, 15) is 34.4 Å². The minimum absolute atomic E-state index is 0.0420. The number of hydrogen-bond acceptors (Lipinski definition) is 11. The van der Waals surface area contributed by atoms with Gasteiger partial charge in [0, 0.05) is 27.2 Å². The van der Waals surface area contributed by atoms with Gasteiger partial charge in [0.05, 0.1) is 32.5 Å². The van der Waals surface area contributed by atoms with Gasteiger partial charge in [-0.05, 0) is 66.7 Å². The summed E-state index contributed by atoms with van der Waals surface area (Å²) in [7, 11) is -13.6. The Labute approximate surface area is 244 Å². The summed E-state index contributed by atoms with van der Waals surface area (Å²) >= 11 is 0. The third kappa shape index (κ3) is 6.26. The molecule has 5 aromatic rings. The van der Waals surface area contributed by atoms with Crippen LogP contribution in [0.15, 0.2) is 120 Å². The van der Waals surface area contributed by atoms with Crippen molar-refractivity contribution in [3.05, 3.63) is 84.9 Å². The summed E-state index contributed by atoms with van der Waals surface area (Å²) in [6.07, 6.45) is 0. The van der Waals surface area contributed by atoms with Gasteiger partial charge in [-0.15, -0.1) is 15.3 Å². The first-order valence-electron chi connectivity index (χ1n) is 11.9. The van der Waals surface area contributed by atoms with E-state index in [1.807, 2.05) is 0 Å². The maximum absolute atomic E-state index is 11.9. The van der Waals surface area contributed by atoms with Gasteiger partial charge in [-0.25, -0.2) is 0 Å². The molecule has 0 amide bonds. The summed E-state index contributed by atoms with van der Waals surface area (Å²) in [6.45, 7) is 0. The Hall–Kier alpha value is -4.65. The van der Waals surface area contributed by atoms with Gasteiger partial charge >= 0.3 is 0 Å². The predicted octanol–water partition coefficient (Wildman–Crippen LogP) is 6.15. The van der Waals surface area contributed by atoms with Crippen LogP contribution in [0.2, 0.25) is 0 Å². The first-order valence-corrected chi connectivity index (χ1v) is 16.2. The summed E-state index contributed by atoms with van der Waals surface area (Å²) in [5.41, 5.74) is 6.90. The molecule has 14 nitrogen and oxygen atoms in total. The molecule has 0 unspecified atom stereocenters. The molecule has 220 valence electrons. The van der Waals surface area contributed by atoms with Crippen LogP contribution in [0.3, 0.4) is 0 Å². The average molecular weight is 642 g/mol. The van der Waals surface area contributed by atoms with E-state index in [1.165, 1.54) is 60.7 Å². The van der Waals surface area contributed by atoms with Crippen molar-refractivity contribution >= 4 is 80.3 Å². The molecule has 5 N–H and O–H groups in total. The van der Waals surface area contributed by atoms with Gasteiger partial charge in [0.1, 0.15) is 4.90 Å². The van der Waals surface area contributed by atoms with Crippen molar-refractivity contribution in [1.82, 2.24) is 0 Å². The predicted molar refractivity (Wildman–Crippen MR) is 157 cm³/mol. The molecule has 0 heterocycles. The Morgan fingerprint density at radius 3 is 1.65 bits per heavy atom. The third-order valence-electron chi connectivity index (χ3n) is 6.20. The number of benzene rings is 5. The van der Waals surface area contributed by atoms with E-state index in [0.717, 1.165) is 24.3 Å². The van der Waals surface area contributed by atoms with Crippen LogP contribution in [0.4, 0.5) is 28.4 Å². The normalized spacial score (nSPS) is 13.0. The van der Waals surface area contributed by atoms with Crippen molar-refractivity contribution in [1.29, 1.82) is 0 Å². The largest absolute Gasteiger partial charge is 0.398 e. The van der Waals surface area contributed by atoms with Crippen LogP contribution in [0.1, 0.15) is 0 Å². The first kappa shape index (κ1) is 29.8. The van der Waals surface area contributed by atoms with Gasteiger partial charge in [0.15, 0.2) is 0 Å². The van der Waals surface area contributed by atoms with E-state index in [1.54, 1.807) is 0 Å². The fourth-order valence-corrected chi connectivity index (χ4v) is 5.94. The fourth-order valence-electron chi connectivity index (χ4n) is 4.22. The highest BCUT2D eigenvalue weighted by atomic mass is 32.2. The van der Waals surface area contributed by atoms with Gasteiger partial charge in [0.2, 0.25) is 0 Å². The number of hydrogen-bond donors (Lipinski definition) is 4. The highest BCUT2D eigenvalue weighted by Gasteiger charge is 2.18. The van der Waals surface area contributed by atoms with E-state index in [2.05, 4.69) is 20.5 Å². The lowest BCUT2D eigenvalue weighted by Gasteiger charge is -2.09. The number of azo groups is 2. The lowest BCUT2D eigenvalue weighted by Crippen LogP contribution is -2.01. The zero-order valence-corrected chi connectivity index (χ0v) is 23.9. The minimum atomic E-state index is -4.61. The maximum Gasteiger partial charge on any atom is 0.295 e. The van der Waals surface area contributed by atoms with Gasteiger partial charge in [0.25, 0.3) is 30.4 Å². The zero-order valence-electron chi connectivity index (χ0n) is 21.5. The molecule has 5 rings (SSSR count). The molecular weight excluding hydrogens is 623 g/mol. The summed E-state index contributed by atoms with van der Waals surface area (Å²) < 4.78 is 98.5. The fraction of sp³-hybridized carbons (Fsp3) is 0. The van der Waals surface area contributed by atoms with Crippen LogP contribution in [0, 0.1) is 0 Å². The molecule has 0 bridgehead atoms. The topological polar surface area (TPSA) is 239 Å². The van der Waals surface area contributed by atoms with Crippen molar-refractivity contribution in [3.63, 3.8) is 0 Å². The first-order chi connectivity index (χ1) is 20.1. The monoisotopic (exact) mass is 641 g/mol. The van der Waals surface area contributed by atoms with Crippen LogP contribution in [0.25, 0.3) is 21.5 Å². The second-order valence-corrected chi connectivity index (χ2v) is 13.2. The van der Waals surface area contributed by atoms with Crippen LogP contribution < -0.4 is 5.73 Å². The average Bonchev–Trinajstić information content (AvgIpc) is 2.94. The van der Waals surface area contributed by atoms with E-state index >= 15 is 0 Å². The maximum atomic E-state index is 11.9. The molecule has 5 aromatic carbocycles. The van der Waals surface area contributed by atoms with Crippen molar-refractivity contribution < 1.29 is 38.9 Å². The van der Waals surface area contributed by atoms with E-state index in [0.29, 0.717) is 5.39 Å². The number of nitrogens with two attached hydrogens (primary N) is 1. The lowest BCUT2D eigenvalue weighted by atomic mass is 10.1. The second-order valence-electron chi connectivity index (χ2n) is 8.98. The Balaban J connectivity index is 1.62. The van der Waals surface area contributed by atoms with E-state index in [-0.39, 0.29) is 49.5 Å². The quantitative estimate of drug-likeness (QED) is 0.0898. The van der Waals surface area contributed by atoms with Crippen LogP contribution in [-0.4, -0.2) is 38.9 Å². The third-order valence-corrected chi connectivity index (χ3v) is 8.82. The highest BCUT2D eigenvalue weighted by Crippen LogP contribution is 2.39. The van der Waals surface area contributed by atoms with E-state index in [4.69, 9.17) is 10.3 Å². The smallest absolute Gasteiger partial charge is 0.295 e. The molecule has 0 aromatic heterocycles. The highest BCUT2D eigenvalue weighted by molar-refractivity contribution is 7.86. The summed E-state index contributed by atoms with van der Waals surface area (Å²) in [5, 5.41) is 17.6. The Kier molecular flexibility index (Phi) is 7.55. The molecule has 0 aliphatic heterocycles. The number of rotatable bonds is 7. The van der Waals surface area contributed by atoms with Gasteiger partial charge < -0.3 is 5.73 Å². The van der Waals surface area contributed by atoms with Crippen molar-refractivity contribution in [2.24, 2.45) is 20.5 Å². The van der Waals surface area contributed by atoms with Crippen molar-refractivity contribution in [3.8, 4) is 0 Å². The van der Waals surface area contributed by atoms with Crippen molar-refractivity contribution in [2.45, 2.75) is 14.7 Å². The van der Waals surface area contributed by atoms with Gasteiger partial charge in [-0.2, -0.15) is 30.4 Å². The molecule has 17 heteroatoms. The summed E-state index contributed by atoms with van der Waals surface area (Å²) in [5.74, 6) is 0. The zero-order chi connectivity index (χ0) is 31.2. The van der Waals surface area contributed by atoms with E-state index < -0.39 is 40.1 Å². The Morgan fingerprint density at radius 1 is 0.512 bits per heavy atom. The summed E-state index contributed by atoms with van der Waals surface area (Å²) in [4.78, 5) is -1.17. The molecule has 0 fully saturated rings. The van der Waals surface area contributed by atoms with Crippen molar-refractivity contribution in [2.75, 3.05) is 5.73 Å². The Morgan fingerprint density at radius 2 is 1.05 bits per heavy atom. The molecule has 0 atom stereocenters. The molecular formula is C26H19N5O9S3. The second kappa shape index (κ2) is 10.9. The number of fused-ring (bicyclic) bond motifs is 2. The molecule has 0 aliphatic carbocycles. The number of nitrogens with zero attached hydrogens (tertiary/aromatic N) is 4. The van der Waals surface area contributed by atoms with Gasteiger partial charge in [-0.3, -0.25) is 13.7 Å². The molecule has 0 radical (unpaired) electrons.